The number of piperidine rings is 1. The molecule has 2 aromatic carbocycles. The van der Waals surface area contributed by atoms with E-state index in [1.54, 1.807) is 0 Å². The Hall–Kier alpha value is -3.12. The van der Waals surface area contributed by atoms with Gasteiger partial charge in [-0.3, -0.25) is 9.78 Å². The second-order valence-electron chi connectivity index (χ2n) is 8.13. The molecule has 0 unspecified atom stereocenters. The van der Waals surface area contributed by atoms with Crippen molar-refractivity contribution in [2.75, 3.05) is 23.3 Å². The van der Waals surface area contributed by atoms with E-state index in [0.717, 1.165) is 46.5 Å². The van der Waals surface area contributed by atoms with Gasteiger partial charge >= 0.3 is 0 Å². The Bertz CT molecular complexity index is 1110. The van der Waals surface area contributed by atoms with Crippen molar-refractivity contribution >= 4 is 28.2 Å². The van der Waals surface area contributed by atoms with Crippen molar-refractivity contribution < 1.29 is 14.6 Å². The average molecular weight is 403 g/mol. The summed E-state index contributed by atoms with van der Waals surface area (Å²) in [5, 5.41) is 14.8. The Balaban J connectivity index is 1.32. The molecule has 0 saturated carbocycles. The van der Waals surface area contributed by atoms with E-state index in [4.69, 9.17) is 4.74 Å². The molecule has 1 aromatic heterocycles. The summed E-state index contributed by atoms with van der Waals surface area (Å²) in [5.74, 6) is 0.714. The van der Waals surface area contributed by atoms with Crippen LogP contribution in [0.5, 0.6) is 5.75 Å². The molecule has 3 heterocycles. The predicted molar refractivity (Wildman–Crippen MR) is 117 cm³/mol. The smallest absolute Gasteiger partial charge is 0.224 e. The summed E-state index contributed by atoms with van der Waals surface area (Å²) in [7, 11) is 0. The number of pyridine rings is 1. The molecule has 6 heteroatoms. The van der Waals surface area contributed by atoms with Gasteiger partial charge in [0.2, 0.25) is 5.91 Å². The minimum atomic E-state index is -0.614. The summed E-state index contributed by atoms with van der Waals surface area (Å²) in [6, 6.07) is 16.0. The van der Waals surface area contributed by atoms with Gasteiger partial charge in [0, 0.05) is 54.5 Å². The van der Waals surface area contributed by atoms with Gasteiger partial charge in [-0.15, -0.1) is 0 Å². The third-order valence-corrected chi connectivity index (χ3v) is 5.95. The first-order valence-electron chi connectivity index (χ1n) is 10.5. The number of carbonyl (C=O) groups is 1. The summed E-state index contributed by atoms with van der Waals surface area (Å²) in [6.45, 7) is 3.29. The van der Waals surface area contributed by atoms with Crippen LogP contribution in [0.2, 0.25) is 0 Å². The summed E-state index contributed by atoms with van der Waals surface area (Å²) in [5.41, 5.74) is 4.97. The number of aromatic nitrogens is 1. The number of ether oxygens (including phenoxy) is 1. The summed E-state index contributed by atoms with van der Waals surface area (Å²) >= 11 is 0. The first-order chi connectivity index (χ1) is 14.6. The molecule has 154 valence electrons. The first kappa shape index (κ1) is 18.9. The van der Waals surface area contributed by atoms with Crippen molar-refractivity contribution in [3.05, 3.63) is 59.8 Å². The van der Waals surface area contributed by atoms with Gasteiger partial charge in [0.05, 0.1) is 5.52 Å². The molecule has 0 aliphatic carbocycles. The van der Waals surface area contributed by atoms with E-state index in [-0.39, 0.29) is 12.0 Å². The van der Waals surface area contributed by atoms with Crippen LogP contribution in [-0.2, 0) is 11.2 Å². The standard InChI is InChI=1S/C24H25N3O3/c1-15-12-21(18-4-2-3-5-19(18)25-15)27-11-10-23(22(28)14-27)30-17-8-6-16-7-9-24(29)26-20(16)13-17/h2-6,8,12-13,22-23,28H,7,9-11,14H2,1H3,(H,26,29)/t22-,23-/m1/s1. The molecule has 1 amide bonds. The molecule has 2 atom stereocenters. The Morgan fingerprint density at radius 2 is 2.03 bits per heavy atom. The second kappa shape index (κ2) is 7.61. The number of hydrogen-bond acceptors (Lipinski definition) is 5. The quantitative estimate of drug-likeness (QED) is 0.701. The molecule has 0 spiro atoms. The van der Waals surface area contributed by atoms with Crippen LogP contribution in [0.15, 0.2) is 48.5 Å². The second-order valence-corrected chi connectivity index (χ2v) is 8.13. The highest BCUT2D eigenvalue weighted by molar-refractivity contribution is 5.94. The monoisotopic (exact) mass is 403 g/mol. The number of aliphatic hydroxyl groups is 1. The number of hydrogen-bond donors (Lipinski definition) is 2. The molecule has 30 heavy (non-hydrogen) atoms. The Labute approximate surface area is 175 Å². The van der Waals surface area contributed by atoms with Crippen LogP contribution in [-0.4, -0.2) is 41.3 Å². The third kappa shape index (κ3) is 3.59. The zero-order valence-corrected chi connectivity index (χ0v) is 17.0. The molecule has 0 bridgehead atoms. The number of β-amino-alcohol motifs (C(OH)–C–C–N with tert-alkyl or cyclic N) is 1. The maximum atomic E-state index is 11.7. The minimum absolute atomic E-state index is 0.0351. The van der Waals surface area contributed by atoms with E-state index in [1.165, 1.54) is 0 Å². The summed E-state index contributed by atoms with van der Waals surface area (Å²) in [6.07, 6.45) is 1.08. The van der Waals surface area contributed by atoms with Gasteiger partial charge in [0.15, 0.2) is 0 Å². The van der Waals surface area contributed by atoms with Crippen LogP contribution in [0, 0.1) is 6.92 Å². The van der Waals surface area contributed by atoms with Crippen LogP contribution >= 0.6 is 0 Å². The van der Waals surface area contributed by atoms with Crippen molar-refractivity contribution in [1.29, 1.82) is 0 Å². The van der Waals surface area contributed by atoms with Crippen molar-refractivity contribution in [2.45, 2.75) is 38.4 Å². The van der Waals surface area contributed by atoms with Crippen LogP contribution in [0.1, 0.15) is 24.1 Å². The number of nitrogens with one attached hydrogen (secondary N) is 1. The van der Waals surface area contributed by atoms with E-state index >= 15 is 0 Å². The Morgan fingerprint density at radius 3 is 2.90 bits per heavy atom. The highest BCUT2D eigenvalue weighted by Crippen LogP contribution is 2.32. The Morgan fingerprint density at radius 1 is 1.17 bits per heavy atom. The van der Waals surface area contributed by atoms with Crippen LogP contribution < -0.4 is 15.0 Å². The maximum absolute atomic E-state index is 11.7. The lowest BCUT2D eigenvalue weighted by Gasteiger charge is -2.38. The predicted octanol–water partition coefficient (Wildman–Crippen LogP) is 3.45. The number of para-hydroxylation sites is 1. The molecule has 0 radical (unpaired) electrons. The van der Waals surface area contributed by atoms with Gasteiger partial charge in [0.1, 0.15) is 18.0 Å². The first-order valence-corrected chi connectivity index (χ1v) is 10.5. The molecule has 1 saturated heterocycles. The minimum Gasteiger partial charge on any atom is -0.488 e. The van der Waals surface area contributed by atoms with Crippen LogP contribution in [0.25, 0.3) is 10.9 Å². The zero-order valence-electron chi connectivity index (χ0n) is 17.0. The number of aliphatic hydroxyl groups excluding tert-OH is 1. The van der Waals surface area contributed by atoms with Gasteiger partial charge in [-0.25, -0.2) is 0 Å². The van der Waals surface area contributed by atoms with Gasteiger partial charge in [-0.2, -0.15) is 0 Å². The van der Waals surface area contributed by atoms with E-state index in [1.807, 2.05) is 43.3 Å². The Kier molecular flexibility index (Phi) is 4.79. The maximum Gasteiger partial charge on any atom is 0.224 e. The molecule has 3 aromatic rings. The largest absolute Gasteiger partial charge is 0.488 e. The van der Waals surface area contributed by atoms with E-state index < -0.39 is 6.10 Å². The molecule has 2 aliphatic rings. The van der Waals surface area contributed by atoms with Gasteiger partial charge < -0.3 is 20.1 Å². The average Bonchev–Trinajstić information content (AvgIpc) is 2.74. The lowest BCUT2D eigenvalue weighted by atomic mass is 10.0. The highest BCUT2D eigenvalue weighted by Gasteiger charge is 2.30. The fraction of sp³-hybridized carbons (Fsp3) is 0.333. The number of nitrogens with zero attached hydrogens (tertiary/aromatic N) is 2. The molecule has 2 N–H and O–H groups in total. The number of anilines is 2. The van der Waals surface area contributed by atoms with E-state index in [2.05, 4.69) is 27.3 Å². The normalized spacial score (nSPS) is 21.3. The third-order valence-electron chi connectivity index (χ3n) is 5.95. The fourth-order valence-corrected chi connectivity index (χ4v) is 4.41. The van der Waals surface area contributed by atoms with Crippen molar-refractivity contribution in [1.82, 2.24) is 4.98 Å². The topological polar surface area (TPSA) is 74.7 Å². The van der Waals surface area contributed by atoms with Crippen molar-refractivity contribution in [2.24, 2.45) is 0 Å². The summed E-state index contributed by atoms with van der Waals surface area (Å²) < 4.78 is 6.12. The highest BCUT2D eigenvalue weighted by atomic mass is 16.5. The number of benzene rings is 2. The number of carbonyl (C=O) groups excluding carboxylic acids is 1. The SMILES string of the molecule is Cc1cc(N2CC[C@@H](Oc3ccc4c(c3)NC(=O)CC4)[C@H](O)C2)c2ccccc2n1. The molecule has 5 rings (SSSR count). The number of fused-ring (bicyclic) bond motifs is 2. The van der Waals surface area contributed by atoms with Gasteiger partial charge in [-0.1, -0.05) is 24.3 Å². The van der Waals surface area contributed by atoms with Crippen molar-refractivity contribution in [3.8, 4) is 5.75 Å². The van der Waals surface area contributed by atoms with Crippen molar-refractivity contribution in [3.63, 3.8) is 0 Å². The van der Waals surface area contributed by atoms with Crippen LogP contribution in [0.3, 0.4) is 0 Å². The molecular formula is C24H25N3O3. The molecular weight excluding hydrogens is 378 g/mol. The van der Waals surface area contributed by atoms with Gasteiger partial charge in [-0.05, 0) is 37.1 Å². The number of rotatable bonds is 3. The number of amides is 1. The number of aryl methyl sites for hydroxylation is 2. The molecule has 2 aliphatic heterocycles. The molecule has 1 fully saturated rings. The lowest BCUT2D eigenvalue weighted by molar-refractivity contribution is -0.116. The van der Waals surface area contributed by atoms with E-state index in [9.17, 15) is 9.90 Å². The molecule has 6 nitrogen and oxygen atoms in total. The summed E-state index contributed by atoms with van der Waals surface area (Å²) in [4.78, 5) is 18.5. The van der Waals surface area contributed by atoms with Crippen LogP contribution in [0.4, 0.5) is 11.4 Å². The zero-order chi connectivity index (χ0) is 20.7. The van der Waals surface area contributed by atoms with Gasteiger partial charge in [0.25, 0.3) is 0 Å². The van der Waals surface area contributed by atoms with E-state index in [0.29, 0.717) is 25.1 Å². The fourth-order valence-electron chi connectivity index (χ4n) is 4.41. The lowest BCUT2D eigenvalue weighted by Crippen LogP contribution is -2.49.